The summed E-state index contributed by atoms with van der Waals surface area (Å²) >= 11 is 0. The maximum absolute atomic E-state index is 14.0. The van der Waals surface area contributed by atoms with Gasteiger partial charge in [0.15, 0.2) is 5.69 Å². The molecule has 0 aliphatic carbocycles. The third-order valence-corrected chi connectivity index (χ3v) is 6.58. The van der Waals surface area contributed by atoms with Crippen LogP contribution in [0, 0.1) is 17.1 Å². The van der Waals surface area contributed by atoms with Gasteiger partial charge in [-0.3, -0.25) is 14.8 Å². The number of aliphatic hydroxyl groups excluding tert-OH is 1. The Morgan fingerprint density at radius 2 is 2.05 bits per heavy atom. The third-order valence-electron chi connectivity index (χ3n) is 6.58. The number of allylic oxidation sites excluding steroid dienone is 1. The molecule has 2 aromatic rings. The molecule has 0 fully saturated rings. The summed E-state index contributed by atoms with van der Waals surface area (Å²) < 4.78 is 60.8. The van der Waals surface area contributed by atoms with Gasteiger partial charge in [0.1, 0.15) is 23.2 Å². The zero-order valence-corrected chi connectivity index (χ0v) is 21.6. The number of hydrogen-bond acceptors (Lipinski definition) is 7. The van der Waals surface area contributed by atoms with Crippen molar-refractivity contribution in [1.82, 2.24) is 19.8 Å². The van der Waals surface area contributed by atoms with Crippen LogP contribution >= 0.6 is 0 Å². The first-order chi connectivity index (χ1) is 18.0. The molecule has 0 saturated carbocycles. The molecule has 1 aliphatic heterocycles. The Kier molecular flexibility index (Phi) is 9.60. The van der Waals surface area contributed by atoms with E-state index in [1.165, 1.54) is 6.20 Å². The number of aromatic nitrogens is 2. The average Bonchev–Trinajstić information content (AvgIpc) is 2.85. The van der Waals surface area contributed by atoms with Crippen molar-refractivity contribution in [2.24, 2.45) is 0 Å². The number of nitrogens with zero attached hydrogens (tertiary/aromatic N) is 5. The zero-order valence-electron chi connectivity index (χ0n) is 21.6. The Morgan fingerprint density at radius 1 is 1.32 bits per heavy atom. The number of alkyl halides is 3. The van der Waals surface area contributed by atoms with E-state index in [-0.39, 0.29) is 36.4 Å². The number of aliphatic hydroxyl groups is 1. The van der Waals surface area contributed by atoms with Crippen LogP contribution in [0.15, 0.2) is 42.8 Å². The molecular weight excluding hydrogens is 502 g/mol. The van der Waals surface area contributed by atoms with Crippen LogP contribution in [-0.2, 0) is 6.18 Å². The summed E-state index contributed by atoms with van der Waals surface area (Å²) in [7, 11) is 1.81. The fraction of sp³-hybridized carbons (Fsp3) is 0.444. The van der Waals surface area contributed by atoms with Gasteiger partial charge in [-0.05, 0) is 50.9 Å². The number of hydrogen-bond donors (Lipinski definition) is 1. The summed E-state index contributed by atoms with van der Waals surface area (Å²) in [5, 5.41) is 19.0. The lowest BCUT2D eigenvalue weighted by Crippen LogP contribution is -2.49. The van der Waals surface area contributed by atoms with Crippen LogP contribution < -0.4 is 4.74 Å². The fourth-order valence-corrected chi connectivity index (χ4v) is 4.62. The summed E-state index contributed by atoms with van der Waals surface area (Å²) in [4.78, 5) is 11.8. The van der Waals surface area contributed by atoms with E-state index in [9.17, 15) is 27.9 Å². The lowest BCUT2D eigenvalue weighted by Gasteiger charge is -2.42. The molecule has 204 valence electrons. The lowest BCUT2D eigenvalue weighted by atomic mass is 9.91. The molecule has 7 nitrogen and oxygen atoms in total. The van der Waals surface area contributed by atoms with Gasteiger partial charge >= 0.3 is 6.18 Å². The summed E-state index contributed by atoms with van der Waals surface area (Å²) in [5.41, 5.74) is 0.0825. The van der Waals surface area contributed by atoms with Gasteiger partial charge in [-0.1, -0.05) is 12.7 Å². The van der Waals surface area contributed by atoms with E-state index in [4.69, 9.17) is 4.74 Å². The molecule has 0 aromatic carbocycles. The van der Waals surface area contributed by atoms with Crippen LogP contribution in [0.1, 0.15) is 55.2 Å². The van der Waals surface area contributed by atoms with Crippen molar-refractivity contribution in [1.29, 1.82) is 5.26 Å². The Bertz CT molecular complexity index is 1220. The molecule has 1 N–H and O–H groups in total. The molecule has 3 rings (SSSR count). The highest BCUT2D eigenvalue weighted by molar-refractivity contribution is 5.80. The van der Waals surface area contributed by atoms with E-state index in [1.807, 2.05) is 25.8 Å². The highest BCUT2D eigenvalue weighted by Gasteiger charge is 2.37. The Labute approximate surface area is 219 Å². The molecule has 0 spiro atoms. The Hall–Kier alpha value is -3.33. The molecule has 0 bridgehead atoms. The molecule has 0 radical (unpaired) electrons. The van der Waals surface area contributed by atoms with Crippen LogP contribution in [0.4, 0.5) is 17.6 Å². The topological polar surface area (TPSA) is 85.5 Å². The highest BCUT2D eigenvalue weighted by Crippen LogP contribution is 2.39. The van der Waals surface area contributed by atoms with Gasteiger partial charge in [0.05, 0.1) is 37.3 Å². The van der Waals surface area contributed by atoms with Crippen LogP contribution in [0.5, 0.6) is 5.75 Å². The number of nitriles is 1. The second-order valence-corrected chi connectivity index (χ2v) is 9.00. The number of rotatable bonds is 8. The van der Waals surface area contributed by atoms with Crippen molar-refractivity contribution in [3.8, 4) is 11.8 Å². The minimum Gasteiger partial charge on any atom is -0.492 e. The molecule has 0 amide bonds. The van der Waals surface area contributed by atoms with Crippen molar-refractivity contribution in [3.63, 3.8) is 0 Å². The first-order valence-electron chi connectivity index (χ1n) is 12.2. The Balaban J connectivity index is 2.05. The lowest BCUT2D eigenvalue weighted by molar-refractivity contribution is -0.141. The smallest absolute Gasteiger partial charge is 0.433 e. The van der Waals surface area contributed by atoms with Gasteiger partial charge in [0, 0.05) is 30.9 Å². The van der Waals surface area contributed by atoms with E-state index in [0.717, 1.165) is 6.07 Å². The van der Waals surface area contributed by atoms with Gasteiger partial charge in [0.25, 0.3) is 0 Å². The maximum Gasteiger partial charge on any atom is 0.433 e. The molecule has 11 heteroatoms. The number of ether oxygens (including phenoxy) is 1. The van der Waals surface area contributed by atoms with E-state index >= 15 is 0 Å². The molecule has 3 heterocycles. The average molecular weight is 534 g/mol. The van der Waals surface area contributed by atoms with Crippen molar-refractivity contribution in [2.45, 2.75) is 45.1 Å². The number of pyridine rings is 2. The van der Waals surface area contributed by atoms with Gasteiger partial charge < -0.3 is 9.84 Å². The van der Waals surface area contributed by atoms with Crippen molar-refractivity contribution < 1.29 is 27.4 Å². The van der Waals surface area contributed by atoms with Crippen molar-refractivity contribution in [2.75, 3.05) is 33.4 Å². The molecule has 2 atom stereocenters. The van der Waals surface area contributed by atoms with Gasteiger partial charge in [-0.25, -0.2) is 9.37 Å². The number of likely N-dealkylation sites (N-methyl/N-ethyl adjacent to an activating group) is 1. The van der Waals surface area contributed by atoms with E-state index in [0.29, 0.717) is 54.9 Å². The quantitative estimate of drug-likeness (QED) is 0.481. The van der Waals surface area contributed by atoms with Crippen molar-refractivity contribution >= 4 is 5.57 Å². The highest BCUT2D eigenvalue weighted by atomic mass is 19.4. The minimum absolute atomic E-state index is 0.117. The van der Waals surface area contributed by atoms with Crippen LogP contribution in [0.3, 0.4) is 0 Å². The minimum atomic E-state index is -4.76. The molecule has 1 unspecified atom stereocenters. The second-order valence-electron chi connectivity index (χ2n) is 9.00. The summed E-state index contributed by atoms with van der Waals surface area (Å²) in [5.74, 6) is -0.450. The molecular formula is C27H31F4N5O2. The fourth-order valence-electron chi connectivity index (χ4n) is 4.62. The monoisotopic (exact) mass is 533 g/mol. The summed E-state index contributed by atoms with van der Waals surface area (Å²) in [6.07, 6.45) is -0.910. The predicted molar refractivity (Wildman–Crippen MR) is 134 cm³/mol. The molecule has 1 aliphatic rings. The maximum atomic E-state index is 14.0. The van der Waals surface area contributed by atoms with Crippen LogP contribution in [0.25, 0.3) is 5.57 Å². The van der Waals surface area contributed by atoms with Crippen molar-refractivity contribution in [3.05, 3.63) is 71.1 Å². The molecule has 2 aromatic heterocycles. The second kappa shape index (κ2) is 12.5. The van der Waals surface area contributed by atoms with Gasteiger partial charge in [-0.15, -0.1) is 0 Å². The first kappa shape index (κ1) is 29.2. The summed E-state index contributed by atoms with van der Waals surface area (Å²) in [6, 6.07) is 4.35. The van der Waals surface area contributed by atoms with Gasteiger partial charge in [-0.2, -0.15) is 18.4 Å². The SMILES string of the molecule is C=C1CCN([C@@H](C)c2cc(OCC)c(C#N)cn2)C(N(C)CCO)CC=C1c1cc(F)cnc1C(F)(F)F. The standard InChI is InChI=1S/C27H31F4N5O2/c1-5-38-24-13-23(33-15-19(24)14-32)18(3)36-9-8-17(2)21(6-7-25(36)35(4)10-11-37)22-12-20(28)16-34-26(22)27(29,30)31/h6,12-13,15-16,18,25,37H,2,5,7-11H2,1,3-4H3/t18-,25?/m0/s1. The predicted octanol–water partition coefficient (Wildman–Crippen LogP) is 4.95. The van der Waals surface area contributed by atoms with Crippen LogP contribution in [-0.4, -0.2) is 64.4 Å². The number of halogens is 4. The zero-order chi connectivity index (χ0) is 28.0. The molecule has 0 saturated heterocycles. The van der Waals surface area contributed by atoms with Crippen LogP contribution in [0.2, 0.25) is 0 Å². The Morgan fingerprint density at radius 3 is 2.68 bits per heavy atom. The summed E-state index contributed by atoms with van der Waals surface area (Å²) in [6.45, 7) is 8.75. The van der Waals surface area contributed by atoms with E-state index in [1.54, 1.807) is 12.1 Å². The van der Waals surface area contributed by atoms with Gasteiger partial charge in [0.2, 0.25) is 0 Å². The normalized spacial score (nSPS) is 17.9. The first-order valence-corrected chi connectivity index (χ1v) is 12.2. The largest absolute Gasteiger partial charge is 0.492 e. The van der Waals surface area contributed by atoms with E-state index < -0.39 is 17.7 Å². The molecule has 38 heavy (non-hydrogen) atoms. The third kappa shape index (κ3) is 6.56. The van der Waals surface area contributed by atoms with E-state index in [2.05, 4.69) is 27.5 Å².